The van der Waals surface area contributed by atoms with E-state index >= 15 is 0 Å². The summed E-state index contributed by atoms with van der Waals surface area (Å²) in [5.74, 6) is 0. The number of ether oxygens (including phenoxy) is 1. The lowest BCUT2D eigenvalue weighted by Crippen LogP contribution is -2.32. The first-order valence-corrected chi connectivity index (χ1v) is 8.18. The minimum Gasteiger partial charge on any atom is -0.444 e. The second-order valence-corrected chi connectivity index (χ2v) is 8.40. The topological polar surface area (TPSA) is 58.6 Å². The molecule has 0 aliphatic heterocycles. The number of halogens is 1. The maximum atomic E-state index is 11.6. The molecule has 0 aromatic heterocycles. The standard InChI is InChI=1S/C18H28ClNO3/c1-17(2,3)10-15(21)13-8-7-12(9-14(13)19)11-20-16(22)23-18(4,5)6/h7-9,15,21H,10-11H2,1-6H3,(H,20,22). The minimum absolute atomic E-state index is 0.0136. The molecule has 0 radical (unpaired) electrons. The van der Waals surface area contributed by atoms with Crippen molar-refractivity contribution in [2.75, 3.05) is 0 Å². The highest BCUT2D eigenvalue weighted by Crippen LogP contribution is 2.33. The highest BCUT2D eigenvalue weighted by atomic mass is 35.5. The second-order valence-electron chi connectivity index (χ2n) is 7.99. The number of alkyl carbamates (subject to hydrolysis) is 1. The van der Waals surface area contributed by atoms with E-state index in [2.05, 4.69) is 26.1 Å². The molecule has 1 aromatic rings. The van der Waals surface area contributed by atoms with E-state index in [1.807, 2.05) is 32.9 Å². The Kier molecular flexibility index (Phi) is 6.49. The molecule has 5 heteroatoms. The predicted molar refractivity (Wildman–Crippen MR) is 93.6 cm³/mol. The smallest absolute Gasteiger partial charge is 0.407 e. The normalized spacial score (nSPS) is 13.6. The molecule has 0 aliphatic rings. The van der Waals surface area contributed by atoms with Gasteiger partial charge >= 0.3 is 6.09 Å². The van der Waals surface area contributed by atoms with E-state index in [1.54, 1.807) is 6.07 Å². The molecule has 130 valence electrons. The van der Waals surface area contributed by atoms with Crippen LogP contribution in [0, 0.1) is 5.41 Å². The van der Waals surface area contributed by atoms with Crippen LogP contribution in [-0.2, 0) is 11.3 Å². The quantitative estimate of drug-likeness (QED) is 0.824. The second kappa shape index (κ2) is 7.54. The van der Waals surface area contributed by atoms with E-state index in [9.17, 15) is 9.90 Å². The Morgan fingerprint density at radius 3 is 2.35 bits per heavy atom. The number of nitrogens with one attached hydrogen (secondary N) is 1. The van der Waals surface area contributed by atoms with Gasteiger partial charge in [-0.05, 0) is 49.8 Å². The highest BCUT2D eigenvalue weighted by Gasteiger charge is 2.20. The van der Waals surface area contributed by atoms with Crippen molar-refractivity contribution in [3.63, 3.8) is 0 Å². The molecule has 1 unspecified atom stereocenters. The van der Waals surface area contributed by atoms with Crippen LogP contribution < -0.4 is 5.32 Å². The summed E-state index contributed by atoms with van der Waals surface area (Å²) in [4.78, 5) is 11.6. The number of hydrogen-bond donors (Lipinski definition) is 2. The molecule has 0 heterocycles. The maximum absolute atomic E-state index is 11.6. The van der Waals surface area contributed by atoms with Crippen LogP contribution in [0.2, 0.25) is 5.02 Å². The van der Waals surface area contributed by atoms with Crippen LogP contribution in [-0.4, -0.2) is 16.8 Å². The highest BCUT2D eigenvalue weighted by molar-refractivity contribution is 6.31. The lowest BCUT2D eigenvalue weighted by atomic mass is 9.87. The summed E-state index contributed by atoms with van der Waals surface area (Å²) in [5.41, 5.74) is 1.05. The van der Waals surface area contributed by atoms with Crippen molar-refractivity contribution in [3.05, 3.63) is 34.3 Å². The third-order valence-electron chi connectivity index (χ3n) is 3.07. The van der Waals surface area contributed by atoms with Gasteiger partial charge < -0.3 is 15.2 Å². The Bertz CT molecular complexity index is 544. The molecule has 1 amide bonds. The summed E-state index contributed by atoms with van der Waals surface area (Å²) >= 11 is 6.27. The van der Waals surface area contributed by atoms with E-state index < -0.39 is 17.8 Å². The third kappa shape index (κ3) is 7.71. The Morgan fingerprint density at radius 2 is 1.87 bits per heavy atom. The summed E-state index contributed by atoms with van der Waals surface area (Å²) in [6, 6.07) is 5.43. The number of carbonyl (C=O) groups is 1. The van der Waals surface area contributed by atoms with Crippen molar-refractivity contribution >= 4 is 17.7 Å². The number of aliphatic hydroxyl groups is 1. The molecule has 0 saturated carbocycles. The first-order chi connectivity index (χ1) is 10.4. The van der Waals surface area contributed by atoms with Crippen LogP contribution in [0.4, 0.5) is 4.79 Å². The molecule has 1 atom stereocenters. The van der Waals surface area contributed by atoms with Gasteiger partial charge in [0.15, 0.2) is 0 Å². The molecule has 23 heavy (non-hydrogen) atoms. The number of hydrogen-bond acceptors (Lipinski definition) is 3. The predicted octanol–water partition coefficient (Wildman–Crippen LogP) is 4.83. The fraction of sp³-hybridized carbons (Fsp3) is 0.611. The molecule has 2 N–H and O–H groups in total. The van der Waals surface area contributed by atoms with Gasteiger partial charge in [0.1, 0.15) is 5.60 Å². The van der Waals surface area contributed by atoms with E-state index in [1.165, 1.54) is 0 Å². The van der Waals surface area contributed by atoms with Gasteiger partial charge in [0.05, 0.1) is 6.10 Å². The average Bonchev–Trinajstić information content (AvgIpc) is 2.32. The summed E-state index contributed by atoms with van der Waals surface area (Å²) in [6.45, 7) is 12.0. The van der Waals surface area contributed by atoms with Crippen molar-refractivity contribution in [1.82, 2.24) is 5.32 Å². The van der Waals surface area contributed by atoms with Gasteiger partial charge in [-0.25, -0.2) is 4.79 Å². The molecule has 1 aromatic carbocycles. The third-order valence-corrected chi connectivity index (χ3v) is 3.39. The van der Waals surface area contributed by atoms with Crippen LogP contribution in [0.1, 0.15) is 65.2 Å². The van der Waals surface area contributed by atoms with E-state index in [-0.39, 0.29) is 5.41 Å². The number of benzene rings is 1. The summed E-state index contributed by atoms with van der Waals surface area (Å²) < 4.78 is 5.18. The number of carbonyl (C=O) groups excluding carboxylic acids is 1. The Morgan fingerprint density at radius 1 is 1.26 bits per heavy atom. The SMILES string of the molecule is CC(C)(C)CC(O)c1ccc(CNC(=O)OC(C)(C)C)cc1Cl. The van der Waals surface area contributed by atoms with Gasteiger partial charge in [0, 0.05) is 11.6 Å². The maximum Gasteiger partial charge on any atom is 0.407 e. The van der Waals surface area contributed by atoms with Crippen LogP contribution in [0.15, 0.2) is 18.2 Å². The fourth-order valence-electron chi connectivity index (χ4n) is 2.13. The zero-order chi connectivity index (χ0) is 17.8. The number of rotatable bonds is 4. The zero-order valence-corrected chi connectivity index (χ0v) is 15.6. The Balaban J connectivity index is 2.68. The minimum atomic E-state index is -0.602. The summed E-state index contributed by atoms with van der Waals surface area (Å²) in [5, 5.41) is 13.5. The van der Waals surface area contributed by atoms with Crippen molar-refractivity contribution in [3.8, 4) is 0 Å². The van der Waals surface area contributed by atoms with Gasteiger partial charge in [-0.15, -0.1) is 0 Å². The molecule has 0 spiro atoms. The molecular formula is C18H28ClNO3. The van der Waals surface area contributed by atoms with Crippen LogP contribution in [0.25, 0.3) is 0 Å². The van der Waals surface area contributed by atoms with Gasteiger partial charge in [-0.3, -0.25) is 0 Å². The Labute approximate surface area is 144 Å². The van der Waals surface area contributed by atoms with Crippen molar-refractivity contribution in [2.45, 2.75) is 66.2 Å². The first-order valence-electron chi connectivity index (χ1n) is 7.81. The number of amides is 1. The molecular weight excluding hydrogens is 314 g/mol. The average molecular weight is 342 g/mol. The largest absolute Gasteiger partial charge is 0.444 e. The number of aliphatic hydroxyl groups excluding tert-OH is 1. The molecule has 0 saturated heterocycles. The van der Waals surface area contributed by atoms with Gasteiger partial charge in [0.2, 0.25) is 0 Å². The monoisotopic (exact) mass is 341 g/mol. The molecule has 4 nitrogen and oxygen atoms in total. The molecule has 0 fully saturated rings. The molecule has 0 bridgehead atoms. The van der Waals surface area contributed by atoms with Crippen molar-refractivity contribution in [2.24, 2.45) is 5.41 Å². The van der Waals surface area contributed by atoms with Crippen LogP contribution >= 0.6 is 11.6 Å². The van der Waals surface area contributed by atoms with E-state index in [4.69, 9.17) is 16.3 Å². The lowest BCUT2D eigenvalue weighted by Gasteiger charge is -2.23. The molecule has 1 rings (SSSR count). The van der Waals surface area contributed by atoms with Crippen LogP contribution in [0.5, 0.6) is 0 Å². The van der Waals surface area contributed by atoms with Crippen molar-refractivity contribution in [1.29, 1.82) is 0 Å². The zero-order valence-electron chi connectivity index (χ0n) is 14.9. The lowest BCUT2D eigenvalue weighted by molar-refractivity contribution is 0.0523. The van der Waals surface area contributed by atoms with Crippen LogP contribution in [0.3, 0.4) is 0 Å². The van der Waals surface area contributed by atoms with Gasteiger partial charge in [-0.1, -0.05) is 44.5 Å². The van der Waals surface area contributed by atoms with Gasteiger partial charge in [-0.2, -0.15) is 0 Å². The van der Waals surface area contributed by atoms with Crippen molar-refractivity contribution < 1.29 is 14.6 Å². The molecule has 0 aliphatic carbocycles. The van der Waals surface area contributed by atoms with E-state index in [0.29, 0.717) is 23.6 Å². The first kappa shape index (κ1) is 19.8. The summed E-state index contributed by atoms with van der Waals surface area (Å²) in [7, 11) is 0. The Hall–Kier alpha value is -1.26. The fourth-order valence-corrected chi connectivity index (χ4v) is 2.46. The van der Waals surface area contributed by atoms with E-state index in [0.717, 1.165) is 5.56 Å². The van der Waals surface area contributed by atoms with Gasteiger partial charge in [0.25, 0.3) is 0 Å². The summed E-state index contributed by atoms with van der Waals surface area (Å²) in [6.07, 6.45) is -0.441.